The second-order valence-corrected chi connectivity index (χ2v) is 5.07. The van der Waals surface area contributed by atoms with Crippen LogP contribution in [0.2, 0.25) is 0 Å². The van der Waals surface area contributed by atoms with Crippen LogP contribution >= 0.6 is 11.8 Å². The first-order chi connectivity index (χ1) is 9.15. The lowest BCUT2D eigenvalue weighted by Gasteiger charge is -2.08. The highest BCUT2D eigenvalue weighted by Gasteiger charge is 2.06. The number of hydrogen-bond acceptors (Lipinski definition) is 5. The Kier molecular flexibility index (Phi) is 4.46. The normalized spacial score (nSPS) is 10.4. The number of carbonyl (C=O) groups excluding carboxylic acids is 1. The Balaban J connectivity index is 1.82. The van der Waals surface area contributed by atoms with Crippen molar-refractivity contribution < 1.29 is 9.21 Å². The molecule has 0 aliphatic heterocycles. The predicted molar refractivity (Wildman–Crippen MR) is 76.1 cm³/mol. The van der Waals surface area contributed by atoms with Crippen molar-refractivity contribution >= 4 is 29.0 Å². The van der Waals surface area contributed by atoms with Crippen molar-refractivity contribution in [1.82, 2.24) is 4.98 Å². The summed E-state index contributed by atoms with van der Waals surface area (Å²) in [6.07, 6.45) is 3.48. The average molecular weight is 277 g/mol. The molecule has 5 nitrogen and oxygen atoms in total. The van der Waals surface area contributed by atoms with Gasteiger partial charge >= 0.3 is 0 Å². The summed E-state index contributed by atoms with van der Waals surface area (Å²) in [5, 5.41) is 3.42. The Labute approximate surface area is 115 Å². The molecule has 3 N–H and O–H groups in total. The molecule has 0 aliphatic carbocycles. The van der Waals surface area contributed by atoms with Gasteiger partial charge in [-0.2, -0.15) is 0 Å². The number of hydrogen-bond donors (Lipinski definition) is 2. The minimum atomic E-state index is -0.0484. The molecule has 0 atom stereocenters. The maximum Gasteiger partial charge on any atom is 0.255 e. The van der Waals surface area contributed by atoms with E-state index in [-0.39, 0.29) is 5.91 Å². The number of nitrogen functional groups attached to an aromatic ring is 1. The largest absolute Gasteiger partial charge is 0.440 e. The van der Waals surface area contributed by atoms with Crippen LogP contribution in [0.25, 0.3) is 0 Å². The Morgan fingerprint density at radius 1 is 1.53 bits per heavy atom. The third-order valence-electron chi connectivity index (χ3n) is 2.50. The van der Waals surface area contributed by atoms with Crippen LogP contribution in [0, 0.1) is 6.92 Å². The van der Waals surface area contributed by atoms with Crippen LogP contribution in [-0.2, 0) is 4.79 Å². The molecule has 100 valence electrons. The van der Waals surface area contributed by atoms with Crippen molar-refractivity contribution in [3.8, 4) is 0 Å². The van der Waals surface area contributed by atoms with Gasteiger partial charge in [0.25, 0.3) is 5.22 Å². The quantitative estimate of drug-likeness (QED) is 0.648. The van der Waals surface area contributed by atoms with Gasteiger partial charge in [0.1, 0.15) is 6.26 Å². The van der Waals surface area contributed by atoms with E-state index in [4.69, 9.17) is 10.2 Å². The van der Waals surface area contributed by atoms with Crippen LogP contribution in [-0.4, -0.2) is 16.6 Å². The van der Waals surface area contributed by atoms with Gasteiger partial charge in [0.15, 0.2) is 0 Å². The molecule has 0 radical (unpaired) electrons. The number of thioether (sulfide) groups is 1. The van der Waals surface area contributed by atoms with Crippen molar-refractivity contribution in [3.63, 3.8) is 0 Å². The Morgan fingerprint density at radius 3 is 3.11 bits per heavy atom. The fraction of sp³-hybridized carbons (Fsp3) is 0.231. The molecule has 1 aromatic heterocycles. The van der Waals surface area contributed by atoms with Gasteiger partial charge < -0.3 is 15.5 Å². The Hall–Kier alpha value is -1.95. The molecule has 0 aliphatic rings. The highest BCUT2D eigenvalue weighted by Crippen LogP contribution is 2.19. The number of oxazole rings is 1. The highest BCUT2D eigenvalue weighted by atomic mass is 32.2. The molecular formula is C13H15N3O2S. The number of amides is 1. The summed E-state index contributed by atoms with van der Waals surface area (Å²) in [4.78, 5) is 15.8. The lowest BCUT2D eigenvalue weighted by Crippen LogP contribution is -2.13. The standard InChI is InChI=1S/C13H15N3O2S/c1-9-2-3-10(14)8-11(9)16-12(17)4-7-19-13-15-5-6-18-13/h2-3,5-6,8H,4,7,14H2,1H3,(H,16,17). The lowest BCUT2D eigenvalue weighted by atomic mass is 10.2. The maximum absolute atomic E-state index is 11.8. The smallest absolute Gasteiger partial charge is 0.255 e. The fourth-order valence-corrected chi connectivity index (χ4v) is 2.22. The number of rotatable bonds is 5. The van der Waals surface area contributed by atoms with Crippen molar-refractivity contribution in [2.75, 3.05) is 16.8 Å². The fourth-order valence-electron chi connectivity index (χ4n) is 1.50. The molecular weight excluding hydrogens is 262 g/mol. The molecule has 1 aromatic carbocycles. The molecule has 0 saturated carbocycles. The predicted octanol–water partition coefficient (Wildman–Crippen LogP) is 2.69. The molecule has 0 saturated heterocycles. The molecule has 0 spiro atoms. The van der Waals surface area contributed by atoms with Crippen LogP contribution in [0.4, 0.5) is 11.4 Å². The summed E-state index contributed by atoms with van der Waals surface area (Å²) in [6.45, 7) is 1.93. The first-order valence-corrected chi connectivity index (χ1v) is 6.82. The minimum Gasteiger partial charge on any atom is -0.440 e. The summed E-state index contributed by atoms with van der Waals surface area (Å²) < 4.78 is 5.07. The zero-order valence-corrected chi connectivity index (χ0v) is 11.4. The van der Waals surface area contributed by atoms with E-state index in [1.807, 2.05) is 19.1 Å². The van der Waals surface area contributed by atoms with Gasteiger partial charge in [-0.3, -0.25) is 4.79 Å². The molecule has 6 heteroatoms. The molecule has 0 fully saturated rings. The topological polar surface area (TPSA) is 81.1 Å². The van der Waals surface area contributed by atoms with Crippen molar-refractivity contribution in [3.05, 3.63) is 36.2 Å². The van der Waals surface area contributed by atoms with Gasteiger partial charge in [-0.15, -0.1) is 0 Å². The van der Waals surface area contributed by atoms with Crippen molar-refractivity contribution in [1.29, 1.82) is 0 Å². The summed E-state index contributed by atoms with van der Waals surface area (Å²) in [6, 6.07) is 5.45. The molecule has 0 bridgehead atoms. The zero-order valence-electron chi connectivity index (χ0n) is 10.6. The van der Waals surface area contributed by atoms with Crippen LogP contribution in [0.3, 0.4) is 0 Å². The third-order valence-corrected chi connectivity index (χ3v) is 3.36. The SMILES string of the molecule is Cc1ccc(N)cc1NC(=O)CCSc1ncco1. The van der Waals surface area contributed by atoms with Crippen LogP contribution in [0.15, 0.2) is 40.3 Å². The number of nitrogens with zero attached hydrogens (tertiary/aromatic N) is 1. The van der Waals surface area contributed by atoms with Crippen LogP contribution in [0.5, 0.6) is 0 Å². The molecule has 1 heterocycles. The van der Waals surface area contributed by atoms with E-state index < -0.39 is 0 Å². The summed E-state index contributed by atoms with van der Waals surface area (Å²) in [7, 11) is 0. The lowest BCUT2D eigenvalue weighted by molar-refractivity contribution is -0.115. The first-order valence-electron chi connectivity index (χ1n) is 5.83. The Bertz CT molecular complexity index is 555. The zero-order chi connectivity index (χ0) is 13.7. The number of aryl methyl sites for hydroxylation is 1. The number of anilines is 2. The third kappa shape index (κ3) is 4.03. The Morgan fingerprint density at radius 2 is 2.37 bits per heavy atom. The number of aromatic nitrogens is 1. The van der Waals surface area contributed by atoms with Crippen molar-refractivity contribution in [2.24, 2.45) is 0 Å². The van der Waals surface area contributed by atoms with Gasteiger partial charge in [-0.1, -0.05) is 17.8 Å². The second-order valence-electron chi connectivity index (χ2n) is 4.02. The van der Waals surface area contributed by atoms with Crippen molar-refractivity contribution in [2.45, 2.75) is 18.6 Å². The molecule has 2 aromatic rings. The van der Waals surface area contributed by atoms with E-state index >= 15 is 0 Å². The summed E-state index contributed by atoms with van der Waals surface area (Å²) >= 11 is 1.41. The van der Waals surface area contributed by atoms with E-state index in [0.717, 1.165) is 11.3 Å². The van der Waals surface area contributed by atoms with Gasteiger partial charge in [-0.05, 0) is 24.6 Å². The molecule has 2 rings (SSSR count). The van der Waals surface area contributed by atoms with E-state index in [9.17, 15) is 4.79 Å². The summed E-state index contributed by atoms with van der Waals surface area (Å²) in [5.74, 6) is 0.570. The van der Waals surface area contributed by atoms with E-state index in [0.29, 0.717) is 23.1 Å². The maximum atomic E-state index is 11.8. The number of nitrogens with one attached hydrogen (secondary N) is 1. The van der Waals surface area contributed by atoms with Gasteiger partial charge in [0.2, 0.25) is 5.91 Å². The average Bonchev–Trinajstić information content (AvgIpc) is 2.87. The first kappa shape index (κ1) is 13.5. The number of benzene rings is 1. The number of carbonyl (C=O) groups is 1. The monoisotopic (exact) mass is 277 g/mol. The van der Waals surface area contributed by atoms with Crippen LogP contribution < -0.4 is 11.1 Å². The minimum absolute atomic E-state index is 0.0484. The van der Waals surface area contributed by atoms with Gasteiger partial charge in [-0.25, -0.2) is 4.98 Å². The van der Waals surface area contributed by atoms with Gasteiger partial charge in [0, 0.05) is 23.5 Å². The highest BCUT2D eigenvalue weighted by molar-refractivity contribution is 7.99. The number of nitrogens with two attached hydrogens (primary N) is 1. The van der Waals surface area contributed by atoms with Crippen LogP contribution in [0.1, 0.15) is 12.0 Å². The van der Waals surface area contributed by atoms with E-state index in [1.54, 1.807) is 12.3 Å². The molecule has 1 amide bonds. The molecule has 19 heavy (non-hydrogen) atoms. The van der Waals surface area contributed by atoms with E-state index in [1.165, 1.54) is 18.0 Å². The molecule has 0 unspecified atom stereocenters. The summed E-state index contributed by atoms with van der Waals surface area (Å²) in [5.41, 5.74) is 8.07. The van der Waals surface area contributed by atoms with Gasteiger partial charge in [0.05, 0.1) is 6.20 Å². The van der Waals surface area contributed by atoms with E-state index in [2.05, 4.69) is 10.3 Å². The second kappa shape index (κ2) is 6.29.